The van der Waals surface area contributed by atoms with Crippen LogP contribution >= 0.6 is 0 Å². The summed E-state index contributed by atoms with van der Waals surface area (Å²) in [7, 11) is 0. The summed E-state index contributed by atoms with van der Waals surface area (Å²) in [6, 6.07) is 0. The molecule has 0 aromatic carbocycles. The van der Waals surface area contributed by atoms with Crippen molar-refractivity contribution < 1.29 is 14.4 Å². The molecule has 2 aliphatic rings. The van der Waals surface area contributed by atoms with Gasteiger partial charge in [0.2, 0.25) is 11.8 Å². The fourth-order valence-corrected chi connectivity index (χ4v) is 3.69. The van der Waals surface area contributed by atoms with E-state index >= 15 is 0 Å². The Balaban J connectivity index is 1.70. The van der Waals surface area contributed by atoms with Gasteiger partial charge in [0, 0.05) is 58.0 Å². The number of rotatable bonds is 5. The average Bonchev–Trinajstić information content (AvgIpc) is 2.55. The van der Waals surface area contributed by atoms with E-state index in [0.717, 1.165) is 58.4 Å². The zero-order chi connectivity index (χ0) is 16.8. The van der Waals surface area contributed by atoms with Crippen LogP contribution in [0.4, 0.5) is 0 Å². The van der Waals surface area contributed by atoms with E-state index in [1.54, 1.807) is 13.8 Å². The Labute approximate surface area is 138 Å². The Morgan fingerprint density at radius 1 is 0.957 bits per heavy atom. The molecule has 0 radical (unpaired) electrons. The predicted molar refractivity (Wildman–Crippen MR) is 87.8 cm³/mol. The molecular weight excluding hydrogens is 294 g/mol. The number of nitrogens with zero attached hydrogens (tertiary/aromatic N) is 2. The van der Waals surface area contributed by atoms with Crippen molar-refractivity contribution in [1.29, 1.82) is 0 Å². The summed E-state index contributed by atoms with van der Waals surface area (Å²) in [6.07, 6.45) is 3.76. The van der Waals surface area contributed by atoms with Gasteiger partial charge in [-0.1, -0.05) is 12.8 Å². The van der Waals surface area contributed by atoms with Crippen molar-refractivity contribution in [2.45, 2.75) is 39.5 Å². The maximum atomic E-state index is 12.4. The summed E-state index contributed by atoms with van der Waals surface area (Å²) < 4.78 is 0. The summed E-state index contributed by atoms with van der Waals surface area (Å²) in [4.78, 5) is 39.5. The molecule has 6 nitrogen and oxygen atoms in total. The van der Waals surface area contributed by atoms with Crippen LogP contribution in [-0.2, 0) is 14.4 Å². The van der Waals surface area contributed by atoms with Crippen molar-refractivity contribution in [2.24, 2.45) is 11.8 Å². The third kappa shape index (κ3) is 5.03. The Bertz CT molecular complexity index is 444. The van der Waals surface area contributed by atoms with E-state index in [9.17, 15) is 14.4 Å². The quantitative estimate of drug-likeness (QED) is 0.807. The van der Waals surface area contributed by atoms with Crippen LogP contribution in [-0.4, -0.2) is 66.7 Å². The lowest BCUT2D eigenvalue weighted by molar-refractivity contribution is -0.134. The van der Waals surface area contributed by atoms with Crippen LogP contribution in [0.15, 0.2) is 0 Å². The summed E-state index contributed by atoms with van der Waals surface area (Å²) in [5.41, 5.74) is 0. The number of carbonyl (C=O) groups excluding carboxylic acids is 3. The van der Waals surface area contributed by atoms with E-state index in [1.807, 2.05) is 4.90 Å². The van der Waals surface area contributed by atoms with E-state index < -0.39 is 0 Å². The van der Waals surface area contributed by atoms with Gasteiger partial charge in [-0.3, -0.25) is 19.3 Å². The zero-order valence-corrected chi connectivity index (χ0v) is 14.3. The van der Waals surface area contributed by atoms with Crippen molar-refractivity contribution in [3.8, 4) is 0 Å². The summed E-state index contributed by atoms with van der Waals surface area (Å²) in [6.45, 7) is 7.85. The number of carbonyl (C=O) groups is 3. The first-order valence-corrected chi connectivity index (χ1v) is 8.75. The molecule has 1 saturated heterocycles. The molecule has 1 aliphatic carbocycles. The summed E-state index contributed by atoms with van der Waals surface area (Å²) in [5.74, 6) is 0.0710. The number of Topliss-reactive ketones (excluding diaryl/α,β-unsaturated/α-hetero) is 1. The van der Waals surface area contributed by atoms with Gasteiger partial charge in [0.25, 0.3) is 0 Å². The number of piperazine rings is 1. The molecule has 130 valence electrons. The van der Waals surface area contributed by atoms with Gasteiger partial charge in [0.15, 0.2) is 0 Å². The Hall–Kier alpha value is -1.43. The molecule has 2 amide bonds. The molecule has 1 saturated carbocycles. The number of amides is 2. The molecule has 0 bridgehead atoms. The highest BCUT2D eigenvalue weighted by atomic mass is 16.2. The zero-order valence-electron chi connectivity index (χ0n) is 14.3. The fourth-order valence-electron chi connectivity index (χ4n) is 3.69. The minimum absolute atomic E-state index is 0.0345. The topological polar surface area (TPSA) is 69.7 Å². The van der Waals surface area contributed by atoms with E-state index in [0.29, 0.717) is 6.54 Å². The highest BCUT2D eigenvalue weighted by Gasteiger charge is 2.33. The standard InChI is InChI=1S/C17H29N3O3/c1-13(21)15-5-3-4-6-16(15)17(23)18-7-8-19-9-11-20(12-10-19)14(2)22/h15-16H,3-12H2,1-2H3,(H,18,23)/t15-,16-/m1/s1. The molecule has 23 heavy (non-hydrogen) atoms. The molecule has 0 spiro atoms. The van der Waals surface area contributed by atoms with E-state index in [2.05, 4.69) is 10.2 Å². The molecule has 0 aromatic heterocycles. The van der Waals surface area contributed by atoms with Crippen molar-refractivity contribution in [2.75, 3.05) is 39.3 Å². The molecular formula is C17H29N3O3. The predicted octanol–water partition coefficient (Wildman–Crippen LogP) is 0.662. The van der Waals surface area contributed by atoms with Crippen LogP contribution in [0.3, 0.4) is 0 Å². The van der Waals surface area contributed by atoms with Crippen molar-refractivity contribution >= 4 is 17.6 Å². The third-order valence-electron chi connectivity index (χ3n) is 5.17. The van der Waals surface area contributed by atoms with E-state index in [1.165, 1.54) is 0 Å². The van der Waals surface area contributed by atoms with Crippen molar-refractivity contribution in [3.05, 3.63) is 0 Å². The van der Waals surface area contributed by atoms with Crippen LogP contribution in [0.25, 0.3) is 0 Å². The summed E-state index contributed by atoms with van der Waals surface area (Å²) >= 11 is 0. The summed E-state index contributed by atoms with van der Waals surface area (Å²) in [5, 5.41) is 3.01. The van der Waals surface area contributed by atoms with Crippen LogP contribution in [0, 0.1) is 11.8 Å². The van der Waals surface area contributed by atoms with Crippen LogP contribution in [0.1, 0.15) is 39.5 Å². The molecule has 0 unspecified atom stereocenters. The molecule has 2 atom stereocenters. The third-order valence-corrected chi connectivity index (χ3v) is 5.17. The fraction of sp³-hybridized carbons (Fsp3) is 0.824. The minimum Gasteiger partial charge on any atom is -0.355 e. The molecule has 1 heterocycles. The maximum absolute atomic E-state index is 12.4. The Morgan fingerprint density at radius 2 is 1.57 bits per heavy atom. The van der Waals surface area contributed by atoms with Crippen molar-refractivity contribution in [3.63, 3.8) is 0 Å². The van der Waals surface area contributed by atoms with Crippen LogP contribution in [0.5, 0.6) is 0 Å². The first-order chi connectivity index (χ1) is 11.0. The number of ketones is 1. The highest BCUT2D eigenvalue weighted by Crippen LogP contribution is 2.30. The first kappa shape index (κ1) is 17.9. The normalized spacial score (nSPS) is 25.9. The smallest absolute Gasteiger partial charge is 0.223 e. The largest absolute Gasteiger partial charge is 0.355 e. The lowest BCUT2D eigenvalue weighted by Crippen LogP contribution is -2.50. The minimum atomic E-state index is -0.143. The molecule has 1 N–H and O–H groups in total. The van der Waals surface area contributed by atoms with E-state index in [-0.39, 0.29) is 29.4 Å². The molecule has 2 fully saturated rings. The molecule has 2 rings (SSSR count). The Kier molecular flexibility index (Phi) is 6.57. The number of nitrogens with one attached hydrogen (secondary N) is 1. The average molecular weight is 323 g/mol. The maximum Gasteiger partial charge on any atom is 0.223 e. The van der Waals surface area contributed by atoms with E-state index in [4.69, 9.17) is 0 Å². The monoisotopic (exact) mass is 323 g/mol. The lowest BCUT2D eigenvalue weighted by Gasteiger charge is -2.34. The van der Waals surface area contributed by atoms with Crippen LogP contribution < -0.4 is 5.32 Å². The van der Waals surface area contributed by atoms with Gasteiger partial charge >= 0.3 is 0 Å². The van der Waals surface area contributed by atoms with Crippen molar-refractivity contribution in [1.82, 2.24) is 15.1 Å². The number of hydrogen-bond acceptors (Lipinski definition) is 4. The second-order valence-electron chi connectivity index (χ2n) is 6.75. The molecule has 1 aliphatic heterocycles. The van der Waals surface area contributed by atoms with Gasteiger partial charge in [-0.15, -0.1) is 0 Å². The molecule has 0 aromatic rings. The van der Waals surface area contributed by atoms with Gasteiger partial charge < -0.3 is 10.2 Å². The first-order valence-electron chi connectivity index (χ1n) is 8.75. The van der Waals surface area contributed by atoms with Gasteiger partial charge in [0.05, 0.1) is 0 Å². The molecule has 6 heteroatoms. The second kappa shape index (κ2) is 8.43. The van der Waals surface area contributed by atoms with Gasteiger partial charge in [-0.2, -0.15) is 0 Å². The van der Waals surface area contributed by atoms with Gasteiger partial charge in [-0.05, 0) is 19.8 Å². The second-order valence-corrected chi connectivity index (χ2v) is 6.75. The Morgan fingerprint density at radius 3 is 2.13 bits per heavy atom. The number of hydrogen-bond donors (Lipinski definition) is 1. The van der Waals surface area contributed by atoms with Gasteiger partial charge in [0.1, 0.15) is 5.78 Å². The van der Waals surface area contributed by atoms with Crippen LogP contribution in [0.2, 0.25) is 0 Å². The van der Waals surface area contributed by atoms with Gasteiger partial charge in [-0.25, -0.2) is 0 Å². The highest BCUT2D eigenvalue weighted by molar-refractivity contribution is 5.87. The lowest BCUT2D eigenvalue weighted by atomic mass is 9.77. The SMILES string of the molecule is CC(=O)[C@H]1CCCC[C@H]1C(=O)NCCN1CCN(C(C)=O)CC1.